The van der Waals surface area contributed by atoms with Crippen molar-refractivity contribution in [2.24, 2.45) is 0 Å². The van der Waals surface area contributed by atoms with Gasteiger partial charge >= 0.3 is 0 Å². The molecule has 1 heterocycles. The third-order valence-electron chi connectivity index (χ3n) is 5.32. The molecule has 156 valence electrons. The summed E-state index contributed by atoms with van der Waals surface area (Å²) in [6.45, 7) is 7.36. The smallest absolute Gasteiger partial charge is 0.219 e. The summed E-state index contributed by atoms with van der Waals surface area (Å²) in [5.74, 6) is 0.136. The predicted molar refractivity (Wildman–Crippen MR) is 116 cm³/mol. The van der Waals surface area contributed by atoms with E-state index >= 15 is 0 Å². The Morgan fingerprint density at radius 1 is 0.931 bits per heavy atom. The molecule has 0 unspecified atom stereocenters. The van der Waals surface area contributed by atoms with E-state index in [0.717, 1.165) is 43.0 Å². The Morgan fingerprint density at radius 3 is 2.10 bits per heavy atom. The van der Waals surface area contributed by atoms with Gasteiger partial charge in [0.2, 0.25) is 15.9 Å². The van der Waals surface area contributed by atoms with Crippen molar-refractivity contribution in [2.75, 3.05) is 37.6 Å². The normalized spacial score (nSPS) is 15.0. The first-order valence-electron chi connectivity index (χ1n) is 10.00. The van der Waals surface area contributed by atoms with Gasteiger partial charge in [0.15, 0.2) is 0 Å². The molecule has 29 heavy (non-hydrogen) atoms. The van der Waals surface area contributed by atoms with Crippen LogP contribution in [0.4, 0.5) is 5.69 Å². The van der Waals surface area contributed by atoms with Crippen molar-refractivity contribution in [1.82, 2.24) is 9.21 Å². The van der Waals surface area contributed by atoms with Gasteiger partial charge in [0, 0.05) is 51.9 Å². The third-order valence-corrected chi connectivity index (χ3v) is 7.20. The average Bonchev–Trinajstić information content (AvgIpc) is 2.73. The summed E-state index contributed by atoms with van der Waals surface area (Å²) in [5.41, 5.74) is 2.87. The fourth-order valence-corrected chi connectivity index (χ4v) is 5.11. The number of nitrogens with zero attached hydrogens (tertiary/aromatic N) is 3. The molecule has 0 N–H and O–H groups in total. The first kappa shape index (κ1) is 21.3. The highest BCUT2D eigenvalue weighted by Crippen LogP contribution is 2.20. The number of rotatable bonds is 7. The van der Waals surface area contributed by atoms with Crippen molar-refractivity contribution in [3.05, 3.63) is 65.7 Å². The van der Waals surface area contributed by atoms with Gasteiger partial charge in [0.25, 0.3) is 0 Å². The molecule has 0 spiro atoms. The Balaban J connectivity index is 1.63. The second-order valence-corrected chi connectivity index (χ2v) is 9.30. The molecule has 2 aromatic carbocycles. The van der Waals surface area contributed by atoms with Gasteiger partial charge in [-0.2, -0.15) is 4.31 Å². The number of anilines is 1. The molecule has 0 bridgehead atoms. The molecule has 7 heteroatoms. The van der Waals surface area contributed by atoms with Crippen LogP contribution in [-0.2, 0) is 27.1 Å². The lowest BCUT2D eigenvalue weighted by Gasteiger charge is -2.35. The monoisotopic (exact) mass is 415 g/mol. The Hall–Kier alpha value is -2.38. The molecule has 1 fully saturated rings. The minimum absolute atomic E-state index is 0.0141. The van der Waals surface area contributed by atoms with E-state index < -0.39 is 10.0 Å². The summed E-state index contributed by atoms with van der Waals surface area (Å²) < 4.78 is 27.2. The molecule has 0 atom stereocenters. The fourth-order valence-electron chi connectivity index (χ4n) is 3.58. The molecule has 0 saturated carbocycles. The van der Waals surface area contributed by atoms with Crippen molar-refractivity contribution in [3.63, 3.8) is 0 Å². The largest absolute Gasteiger partial charge is 0.368 e. The first-order valence-corrected chi connectivity index (χ1v) is 11.6. The maximum absolute atomic E-state index is 12.8. The minimum atomic E-state index is -3.38. The van der Waals surface area contributed by atoms with E-state index in [1.165, 1.54) is 4.31 Å². The number of hydrogen-bond donors (Lipinski definition) is 0. The zero-order chi connectivity index (χ0) is 20.9. The number of piperazine rings is 1. The molecule has 1 aliphatic rings. The van der Waals surface area contributed by atoms with E-state index in [2.05, 4.69) is 4.90 Å². The van der Waals surface area contributed by atoms with E-state index in [1.807, 2.05) is 66.4 Å². The predicted octanol–water partition coefficient (Wildman–Crippen LogP) is 2.71. The standard InChI is InChI=1S/C22H29N3O3S/c1-3-25(29(27,28)18-21-7-5-4-6-8-21)17-20-9-11-22(12-10-20)24-15-13-23(14-16-24)19(2)26/h4-12H,3,13-18H2,1-2H3. The number of amides is 1. The van der Waals surface area contributed by atoms with Crippen molar-refractivity contribution >= 4 is 21.6 Å². The van der Waals surface area contributed by atoms with Crippen LogP contribution in [0.15, 0.2) is 54.6 Å². The summed E-state index contributed by atoms with van der Waals surface area (Å²) >= 11 is 0. The Morgan fingerprint density at radius 2 is 1.55 bits per heavy atom. The van der Waals surface area contributed by atoms with Crippen molar-refractivity contribution in [2.45, 2.75) is 26.1 Å². The molecule has 6 nitrogen and oxygen atoms in total. The van der Waals surface area contributed by atoms with Gasteiger partial charge in [0.05, 0.1) is 5.75 Å². The molecule has 1 aliphatic heterocycles. The van der Waals surface area contributed by atoms with Crippen LogP contribution in [0.25, 0.3) is 0 Å². The summed E-state index contributed by atoms with van der Waals surface area (Å²) in [4.78, 5) is 15.6. The molecule has 3 rings (SSSR count). The second kappa shape index (κ2) is 9.41. The molecular weight excluding hydrogens is 386 g/mol. The van der Waals surface area contributed by atoms with E-state index in [9.17, 15) is 13.2 Å². The lowest BCUT2D eigenvalue weighted by molar-refractivity contribution is -0.129. The summed E-state index contributed by atoms with van der Waals surface area (Å²) in [5, 5.41) is 0. The van der Waals surface area contributed by atoms with Gasteiger partial charge in [-0.1, -0.05) is 49.4 Å². The lowest BCUT2D eigenvalue weighted by atomic mass is 10.1. The summed E-state index contributed by atoms with van der Waals surface area (Å²) in [7, 11) is -3.38. The van der Waals surface area contributed by atoms with E-state index in [1.54, 1.807) is 6.92 Å². The van der Waals surface area contributed by atoms with Gasteiger partial charge in [-0.15, -0.1) is 0 Å². The van der Waals surface area contributed by atoms with Crippen molar-refractivity contribution in [1.29, 1.82) is 0 Å². The zero-order valence-electron chi connectivity index (χ0n) is 17.1. The van der Waals surface area contributed by atoms with E-state index in [-0.39, 0.29) is 11.7 Å². The van der Waals surface area contributed by atoms with Crippen LogP contribution < -0.4 is 4.90 Å². The number of hydrogen-bond acceptors (Lipinski definition) is 4. The maximum Gasteiger partial charge on any atom is 0.219 e. The highest BCUT2D eigenvalue weighted by molar-refractivity contribution is 7.88. The Kier molecular flexibility index (Phi) is 6.92. The van der Waals surface area contributed by atoms with Gasteiger partial charge in [-0.25, -0.2) is 8.42 Å². The highest BCUT2D eigenvalue weighted by atomic mass is 32.2. The minimum Gasteiger partial charge on any atom is -0.368 e. The van der Waals surface area contributed by atoms with Crippen molar-refractivity contribution < 1.29 is 13.2 Å². The molecule has 2 aromatic rings. The Bertz CT molecular complexity index is 906. The molecular formula is C22H29N3O3S. The van der Waals surface area contributed by atoms with Crippen LogP contribution in [-0.4, -0.2) is 56.3 Å². The van der Waals surface area contributed by atoms with Crippen LogP contribution in [0, 0.1) is 0 Å². The molecule has 0 radical (unpaired) electrons. The van der Waals surface area contributed by atoms with Crippen molar-refractivity contribution in [3.8, 4) is 0 Å². The van der Waals surface area contributed by atoms with Crippen LogP contribution in [0.3, 0.4) is 0 Å². The van der Waals surface area contributed by atoms with Gasteiger partial charge in [-0.3, -0.25) is 4.79 Å². The quantitative estimate of drug-likeness (QED) is 0.698. The van der Waals surface area contributed by atoms with Gasteiger partial charge < -0.3 is 9.80 Å². The number of carbonyl (C=O) groups is 1. The Labute approximate surface area is 173 Å². The molecule has 1 saturated heterocycles. The van der Waals surface area contributed by atoms with Gasteiger partial charge in [0.1, 0.15) is 0 Å². The van der Waals surface area contributed by atoms with Crippen LogP contribution in [0.1, 0.15) is 25.0 Å². The maximum atomic E-state index is 12.8. The average molecular weight is 416 g/mol. The van der Waals surface area contributed by atoms with Crippen LogP contribution in [0.5, 0.6) is 0 Å². The second-order valence-electron chi connectivity index (χ2n) is 7.33. The SMILES string of the molecule is CCN(Cc1ccc(N2CCN(C(C)=O)CC2)cc1)S(=O)(=O)Cc1ccccc1. The van der Waals surface area contributed by atoms with Crippen LogP contribution >= 0.6 is 0 Å². The molecule has 0 aliphatic carbocycles. The molecule has 1 amide bonds. The lowest BCUT2D eigenvalue weighted by Crippen LogP contribution is -2.48. The summed E-state index contributed by atoms with van der Waals surface area (Å²) in [6.07, 6.45) is 0. The van der Waals surface area contributed by atoms with E-state index in [0.29, 0.717) is 13.1 Å². The first-order chi connectivity index (χ1) is 13.9. The van der Waals surface area contributed by atoms with Crippen LogP contribution in [0.2, 0.25) is 0 Å². The highest BCUT2D eigenvalue weighted by Gasteiger charge is 2.22. The number of sulfonamides is 1. The fraction of sp³-hybridized carbons (Fsp3) is 0.409. The third kappa shape index (κ3) is 5.58. The number of benzene rings is 2. The van der Waals surface area contributed by atoms with E-state index in [4.69, 9.17) is 0 Å². The summed E-state index contributed by atoms with van der Waals surface area (Å²) in [6, 6.07) is 17.3. The zero-order valence-corrected chi connectivity index (χ0v) is 17.9. The topological polar surface area (TPSA) is 60.9 Å². The molecule has 0 aromatic heterocycles. The van der Waals surface area contributed by atoms with Gasteiger partial charge in [-0.05, 0) is 23.3 Å². The number of carbonyl (C=O) groups excluding carboxylic acids is 1.